The summed E-state index contributed by atoms with van der Waals surface area (Å²) < 4.78 is 0. The Morgan fingerprint density at radius 3 is 2.75 bits per heavy atom. The van der Waals surface area contributed by atoms with E-state index in [4.69, 9.17) is 0 Å². The SMILES string of the molecule is CCC(C)C(=O)c1ccc2ccccc2n1. The van der Waals surface area contributed by atoms with Gasteiger partial charge in [-0.05, 0) is 18.6 Å². The number of hydrogen-bond donors (Lipinski definition) is 0. The molecule has 1 unspecified atom stereocenters. The molecule has 2 rings (SSSR count). The van der Waals surface area contributed by atoms with Crippen LogP contribution >= 0.6 is 0 Å². The Bertz CT molecular complexity index is 519. The summed E-state index contributed by atoms with van der Waals surface area (Å²) in [5, 5.41) is 1.07. The van der Waals surface area contributed by atoms with Gasteiger partial charge in [-0.25, -0.2) is 4.98 Å². The van der Waals surface area contributed by atoms with Crippen LogP contribution in [0.3, 0.4) is 0 Å². The Hall–Kier alpha value is -1.70. The van der Waals surface area contributed by atoms with Crippen molar-refractivity contribution >= 4 is 16.7 Å². The molecule has 2 aromatic rings. The lowest BCUT2D eigenvalue weighted by molar-refractivity contribution is 0.0922. The molecule has 0 N–H and O–H groups in total. The summed E-state index contributed by atoms with van der Waals surface area (Å²) in [5.74, 6) is 0.182. The number of para-hydroxylation sites is 1. The summed E-state index contributed by atoms with van der Waals surface area (Å²) in [6.07, 6.45) is 0.855. The standard InChI is InChI=1S/C14H15NO/c1-3-10(2)14(16)13-9-8-11-6-4-5-7-12(11)15-13/h4-10H,3H2,1-2H3. The molecule has 0 saturated heterocycles. The van der Waals surface area contributed by atoms with Crippen molar-refractivity contribution in [1.82, 2.24) is 4.98 Å². The van der Waals surface area contributed by atoms with Crippen molar-refractivity contribution in [2.45, 2.75) is 20.3 Å². The van der Waals surface area contributed by atoms with Gasteiger partial charge in [0.2, 0.25) is 0 Å². The van der Waals surface area contributed by atoms with Crippen LogP contribution in [0.5, 0.6) is 0 Å². The highest BCUT2D eigenvalue weighted by Gasteiger charge is 2.14. The molecule has 0 saturated carbocycles. The van der Waals surface area contributed by atoms with Crippen molar-refractivity contribution < 1.29 is 4.79 Å². The average molecular weight is 213 g/mol. The predicted molar refractivity (Wildman–Crippen MR) is 65.5 cm³/mol. The zero-order chi connectivity index (χ0) is 11.5. The smallest absolute Gasteiger partial charge is 0.183 e. The summed E-state index contributed by atoms with van der Waals surface area (Å²) in [6.45, 7) is 3.96. The van der Waals surface area contributed by atoms with Crippen LogP contribution in [0.15, 0.2) is 36.4 Å². The molecular formula is C14H15NO. The van der Waals surface area contributed by atoms with Gasteiger partial charge in [-0.1, -0.05) is 38.1 Å². The van der Waals surface area contributed by atoms with Crippen LogP contribution in [0.1, 0.15) is 30.8 Å². The van der Waals surface area contributed by atoms with Gasteiger partial charge in [-0.15, -0.1) is 0 Å². The fourth-order valence-corrected chi connectivity index (χ4v) is 1.64. The molecule has 0 amide bonds. The molecule has 0 fully saturated rings. The zero-order valence-corrected chi connectivity index (χ0v) is 9.60. The first kappa shape index (κ1) is 10.8. The Kier molecular flexibility index (Phi) is 3.00. The number of hydrogen-bond acceptors (Lipinski definition) is 2. The van der Waals surface area contributed by atoms with Gasteiger partial charge in [0.05, 0.1) is 5.52 Å². The fraction of sp³-hybridized carbons (Fsp3) is 0.286. The Labute approximate surface area is 95.3 Å². The van der Waals surface area contributed by atoms with Crippen molar-refractivity contribution in [1.29, 1.82) is 0 Å². The normalized spacial score (nSPS) is 12.6. The van der Waals surface area contributed by atoms with E-state index in [9.17, 15) is 4.79 Å². The third-order valence-corrected chi connectivity index (χ3v) is 2.91. The second-order valence-electron chi connectivity index (χ2n) is 4.06. The summed E-state index contributed by atoms with van der Waals surface area (Å²) in [4.78, 5) is 16.4. The first-order chi connectivity index (χ1) is 7.72. The van der Waals surface area contributed by atoms with E-state index < -0.39 is 0 Å². The summed E-state index contributed by atoms with van der Waals surface area (Å²) in [6, 6.07) is 11.6. The molecule has 82 valence electrons. The lowest BCUT2D eigenvalue weighted by Gasteiger charge is -2.07. The second-order valence-corrected chi connectivity index (χ2v) is 4.06. The molecule has 2 nitrogen and oxygen atoms in total. The van der Waals surface area contributed by atoms with E-state index in [0.29, 0.717) is 5.69 Å². The highest BCUT2D eigenvalue weighted by Crippen LogP contribution is 2.15. The van der Waals surface area contributed by atoms with Crippen molar-refractivity contribution in [3.05, 3.63) is 42.1 Å². The Morgan fingerprint density at radius 2 is 2.00 bits per heavy atom. The number of fused-ring (bicyclic) bond motifs is 1. The third kappa shape index (κ3) is 1.96. The maximum absolute atomic E-state index is 12.0. The molecule has 0 bridgehead atoms. The summed E-state index contributed by atoms with van der Waals surface area (Å²) in [7, 11) is 0. The second kappa shape index (κ2) is 4.44. The Balaban J connectivity index is 2.43. The van der Waals surface area contributed by atoms with E-state index >= 15 is 0 Å². The van der Waals surface area contributed by atoms with Crippen LogP contribution in [-0.2, 0) is 0 Å². The van der Waals surface area contributed by atoms with Gasteiger partial charge in [-0.2, -0.15) is 0 Å². The van der Waals surface area contributed by atoms with Crippen molar-refractivity contribution in [3.8, 4) is 0 Å². The van der Waals surface area contributed by atoms with E-state index in [1.54, 1.807) is 0 Å². The molecule has 0 aliphatic rings. The number of carbonyl (C=O) groups excluding carboxylic acids is 1. The molecule has 1 atom stereocenters. The van der Waals surface area contributed by atoms with Gasteiger partial charge in [0.1, 0.15) is 5.69 Å². The fourth-order valence-electron chi connectivity index (χ4n) is 1.64. The molecular weight excluding hydrogens is 198 g/mol. The monoisotopic (exact) mass is 213 g/mol. The molecule has 1 aromatic heterocycles. The first-order valence-corrected chi connectivity index (χ1v) is 5.62. The van der Waals surface area contributed by atoms with Gasteiger partial charge in [0, 0.05) is 11.3 Å². The van der Waals surface area contributed by atoms with Gasteiger partial charge in [0.25, 0.3) is 0 Å². The number of ketones is 1. The van der Waals surface area contributed by atoms with Crippen LogP contribution in [0.2, 0.25) is 0 Å². The van der Waals surface area contributed by atoms with E-state index in [0.717, 1.165) is 17.3 Å². The van der Waals surface area contributed by atoms with Crippen LogP contribution < -0.4 is 0 Å². The van der Waals surface area contributed by atoms with Crippen molar-refractivity contribution in [2.75, 3.05) is 0 Å². The highest BCUT2D eigenvalue weighted by atomic mass is 16.1. The molecule has 1 aromatic carbocycles. The van der Waals surface area contributed by atoms with Gasteiger partial charge < -0.3 is 0 Å². The van der Waals surface area contributed by atoms with Crippen LogP contribution in [0.25, 0.3) is 10.9 Å². The third-order valence-electron chi connectivity index (χ3n) is 2.91. The molecule has 16 heavy (non-hydrogen) atoms. The van der Waals surface area contributed by atoms with Gasteiger partial charge >= 0.3 is 0 Å². The number of aromatic nitrogens is 1. The lowest BCUT2D eigenvalue weighted by Crippen LogP contribution is -2.11. The zero-order valence-electron chi connectivity index (χ0n) is 9.60. The van der Waals surface area contributed by atoms with Gasteiger partial charge in [0.15, 0.2) is 5.78 Å². The number of carbonyl (C=O) groups is 1. The topological polar surface area (TPSA) is 30.0 Å². The number of Topliss-reactive ketones (excluding diaryl/α,β-unsaturated/α-hetero) is 1. The van der Waals surface area contributed by atoms with Crippen LogP contribution in [0, 0.1) is 5.92 Å². The van der Waals surface area contributed by atoms with Crippen molar-refractivity contribution in [3.63, 3.8) is 0 Å². The number of nitrogens with zero attached hydrogens (tertiary/aromatic N) is 1. The van der Waals surface area contributed by atoms with Crippen molar-refractivity contribution in [2.24, 2.45) is 5.92 Å². The highest BCUT2D eigenvalue weighted by molar-refractivity contribution is 5.97. The first-order valence-electron chi connectivity index (χ1n) is 5.62. The lowest BCUT2D eigenvalue weighted by atomic mass is 10.0. The van der Waals surface area contributed by atoms with Crippen LogP contribution in [0.4, 0.5) is 0 Å². The summed E-state index contributed by atoms with van der Waals surface area (Å²) in [5.41, 5.74) is 1.46. The van der Waals surface area contributed by atoms with E-state index in [1.807, 2.05) is 50.2 Å². The van der Waals surface area contributed by atoms with E-state index in [-0.39, 0.29) is 11.7 Å². The minimum Gasteiger partial charge on any atom is -0.292 e. The molecule has 2 heteroatoms. The van der Waals surface area contributed by atoms with E-state index in [1.165, 1.54) is 0 Å². The summed E-state index contributed by atoms with van der Waals surface area (Å²) >= 11 is 0. The predicted octanol–water partition coefficient (Wildman–Crippen LogP) is 3.46. The molecule has 0 aliphatic heterocycles. The quantitative estimate of drug-likeness (QED) is 0.731. The van der Waals surface area contributed by atoms with E-state index in [2.05, 4.69) is 4.98 Å². The number of pyridine rings is 1. The minimum atomic E-state index is 0.0497. The van der Waals surface area contributed by atoms with Gasteiger partial charge in [-0.3, -0.25) is 4.79 Å². The maximum atomic E-state index is 12.0. The maximum Gasteiger partial charge on any atom is 0.183 e. The Morgan fingerprint density at radius 1 is 1.25 bits per heavy atom. The van der Waals surface area contributed by atoms with Crippen LogP contribution in [-0.4, -0.2) is 10.8 Å². The number of rotatable bonds is 3. The molecule has 1 heterocycles. The average Bonchev–Trinajstić information content (AvgIpc) is 2.36. The largest absolute Gasteiger partial charge is 0.292 e. The molecule has 0 radical (unpaired) electrons. The minimum absolute atomic E-state index is 0.0497. The number of benzene rings is 1. The molecule has 0 spiro atoms. The molecule has 0 aliphatic carbocycles.